The Morgan fingerprint density at radius 3 is 3.00 bits per heavy atom. The Hall–Kier alpha value is -1.71. The lowest BCUT2D eigenvalue weighted by Gasteiger charge is -2.07. The van der Waals surface area contributed by atoms with Crippen LogP contribution in [-0.2, 0) is 0 Å². The highest BCUT2D eigenvalue weighted by Gasteiger charge is 2.14. The van der Waals surface area contributed by atoms with Crippen molar-refractivity contribution in [1.82, 2.24) is 20.6 Å². The number of aromatic amines is 1. The maximum Gasteiger partial charge on any atom is 0.261 e. The summed E-state index contributed by atoms with van der Waals surface area (Å²) in [6, 6.07) is 5.31. The molecule has 8 heteroatoms. The number of halogens is 1. The second kappa shape index (κ2) is 5.08. The fourth-order valence-electron chi connectivity index (χ4n) is 1.24. The van der Waals surface area contributed by atoms with Crippen molar-refractivity contribution >= 4 is 34.4 Å². The van der Waals surface area contributed by atoms with E-state index in [9.17, 15) is 4.79 Å². The quantitative estimate of drug-likeness (QED) is 0.812. The molecule has 2 aromatic rings. The second-order valence-corrected chi connectivity index (χ2v) is 4.29. The van der Waals surface area contributed by atoms with Crippen LogP contribution in [0.25, 0.3) is 0 Å². The van der Waals surface area contributed by atoms with Gasteiger partial charge in [-0.25, -0.2) is 5.10 Å². The number of rotatable bonds is 3. The highest BCUT2D eigenvalue weighted by Crippen LogP contribution is 2.21. The van der Waals surface area contributed by atoms with E-state index in [0.29, 0.717) is 11.3 Å². The number of carbonyl (C=O) groups is 1. The van der Waals surface area contributed by atoms with E-state index in [-0.39, 0.29) is 11.9 Å². The molecule has 88 valence electrons. The number of ether oxygens (including phenoxy) is 1. The van der Waals surface area contributed by atoms with E-state index < -0.39 is 0 Å². The number of anilines is 1. The van der Waals surface area contributed by atoms with Crippen molar-refractivity contribution in [3.8, 4) is 5.75 Å². The Bertz CT molecular complexity index is 528. The lowest BCUT2D eigenvalue weighted by molar-refractivity contribution is 0.102. The van der Waals surface area contributed by atoms with Gasteiger partial charge < -0.3 is 4.74 Å². The number of nitrogens with zero attached hydrogens (tertiary/aromatic N) is 3. The third-order valence-electron chi connectivity index (χ3n) is 1.98. The normalized spacial score (nSPS) is 10.0. The first-order chi connectivity index (χ1) is 8.20. The molecule has 0 unspecified atom stereocenters. The summed E-state index contributed by atoms with van der Waals surface area (Å²) >= 11 is 2.12. The van der Waals surface area contributed by atoms with Crippen molar-refractivity contribution in [2.45, 2.75) is 0 Å². The molecule has 0 saturated heterocycles. The molecule has 1 aromatic carbocycles. The van der Waals surface area contributed by atoms with Gasteiger partial charge >= 0.3 is 0 Å². The third kappa shape index (κ3) is 2.70. The zero-order chi connectivity index (χ0) is 12.3. The maximum atomic E-state index is 11.9. The zero-order valence-electron chi connectivity index (χ0n) is 8.77. The number of hydrogen-bond acceptors (Lipinski definition) is 5. The van der Waals surface area contributed by atoms with Crippen LogP contribution in [0.3, 0.4) is 0 Å². The number of nitrogens with one attached hydrogen (secondary N) is 2. The summed E-state index contributed by atoms with van der Waals surface area (Å²) in [6.07, 6.45) is 0. The van der Waals surface area contributed by atoms with E-state index in [4.69, 9.17) is 4.74 Å². The molecule has 0 saturated carbocycles. The summed E-state index contributed by atoms with van der Waals surface area (Å²) in [5.74, 6) is 0.352. The van der Waals surface area contributed by atoms with Crippen LogP contribution < -0.4 is 10.1 Å². The van der Waals surface area contributed by atoms with Crippen molar-refractivity contribution in [2.24, 2.45) is 0 Å². The monoisotopic (exact) mass is 345 g/mol. The van der Waals surface area contributed by atoms with Crippen molar-refractivity contribution in [3.63, 3.8) is 0 Å². The van der Waals surface area contributed by atoms with Crippen molar-refractivity contribution < 1.29 is 9.53 Å². The number of benzene rings is 1. The summed E-state index contributed by atoms with van der Waals surface area (Å²) in [7, 11) is 1.51. The van der Waals surface area contributed by atoms with Crippen LogP contribution >= 0.6 is 22.6 Å². The number of amides is 1. The highest BCUT2D eigenvalue weighted by molar-refractivity contribution is 14.1. The molecule has 2 N–H and O–H groups in total. The minimum absolute atomic E-state index is 0.191. The van der Waals surface area contributed by atoms with Gasteiger partial charge in [0.15, 0.2) is 0 Å². The third-order valence-corrected chi connectivity index (χ3v) is 2.65. The van der Waals surface area contributed by atoms with E-state index in [1.165, 1.54) is 7.11 Å². The Morgan fingerprint density at radius 1 is 1.53 bits per heavy atom. The minimum atomic E-state index is -0.334. The Balaban J connectivity index is 2.26. The Labute approximate surface area is 110 Å². The standard InChI is InChI=1S/C9H8IN5O2/c1-17-7-3-2-5(10)4-6(7)8(16)11-9-12-14-15-13-9/h2-4H,1H3,(H2,11,12,13,14,15,16). The number of hydrogen-bond donors (Lipinski definition) is 2. The van der Waals surface area contributed by atoms with Crippen LogP contribution in [0, 0.1) is 3.57 Å². The van der Waals surface area contributed by atoms with Gasteiger partial charge in [0.25, 0.3) is 5.91 Å². The fourth-order valence-corrected chi connectivity index (χ4v) is 1.74. The van der Waals surface area contributed by atoms with Gasteiger partial charge in [0, 0.05) is 3.57 Å². The van der Waals surface area contributed by atoms with Gasteiger partial charge in [-0.15, -0.1) is 0 Å². The van der Waals surface area contributed by atoms with E-state index in [2.05, 4.69) is 48.5 Å². The molecule has 0 aliphatic carbocycles. The molecule has 0 aliphatic heterocycles. The van der Waals surface area contributed by atoms with Gasteiger partial charge in [0.05, 0.1) is 12.7 Å². The van der Waals surface area contributed by atoms with Crippen LogP contribution in [0.2, 0.25) is 0 Å². The summed E-state index contributed by atoms with van der Waals surface area (Å²) in [4.78, 5) is 11.9. The Kier molecular flexibility index (Phi) is 3.52. The molecule has 0 bridgehead atoms. The molecule has 1 aromatic heterocycles. The summed E-state index contributed by atoms with van der Waals surface area (Å²) in [6.45, 7) is 0. The largest absolute Gasteiger partial charge is 0.496 e. The average molecular weight is 345 g/mol. The van der Waals surface area contributed by atoms with Crippen LogP contribution in [0.1, 0.15) is 10.4 Å². The van der Waals surface area contributed by atoms with Crippen molar-refractivity contribution in [2.75, 3.05) is 12.4 Å². The molecule has 0 aliphatic rings. The lowest BCUT2D eigenvalue weighted by Crippen LogP contribution is -2.14. The smallest absolute Gasteiger partial charge is 0.261 e. The van der Waals surface area contributed by atoms with E-state index in [1.54, 1.807) is 12.1 Å². The van der Waals surface area contributed by atoms with Gasteiger partial charge in [-0.2, -0.15) is 0 Å². The van der Waals surface area contributed by atoms with Crippen molar-refractivity contribution in [1.29, 1.82) is 0 Å². The van der Waals surface area contributed by atoms with Crippen LogP contribution in [0.15, 0.2) is 18.2 Å². The number of H-pyrrole nitrogens is 1. The zero-order valence-corrected chi connectivity index (χ0v) is 10.9. The van der Waals surface area contributed by atoms with Crippen LogP contribution in [0.5, 0.6) is 5.75 Å². The fraction of sp³-hybridized carbons (Fsp3) is 0.111. The molecule has 7 nitrogen and oxygen atoms in total. The first-order valence-electron chi connectivity index (χ1n) is 4.59. The van der Waals surface area contributed by atoms with Crippen LogP contribution in [-0.4, -0.2) is 33.6 Å². The molecule has 0 atom stereocenters. The van der Waals surface area contributed by atoms with Gasteiger partial charge in [-0.05, 0) is 51.2 Å². The molecule has 0 fully saturated rings. The molecule has 0 spiro atoms. The molecule has 1 amide bonds. The van der Waals surface area contributed by atoms with Gasteiger partial charge in [-0.3, -0.25) is 10.1 Å². The summed E-state index contributed by atoms with van der Waals surface area (Å²) < 4.78 is 6.05. The summed E-state index contributed by atoms with van der Waals surface area (Å²) in [5, 5.41) is 15.3. The predicted molar refractivity (Wildman–Crippen MR) is 67.8 cm³/mol. The topological polar surface area (TPSA) is 92.8 Å². The Morgan fingerprint density at radius 2 is 2.35 bits per heavy atom. The second-order valence-electron chi connectivity index (χ2n) is 3.05. The predicted octanol–water partition coefficient (Wildman–Crippen LogP) is 1.07. The number of methoxy groups -OCH3 is 1. The SMILES string of the molecule is COc1ccc(I)cc1C(=O)Nc1nnn[nH]1. The first-order valence-corrected chi connectivity index (χ1v) is 5.67. The molecule has 17 heavy (non-hydrogen) atoms. The number of tetrazole rings is 1. The molecule has 1 heterocycles. The van der Waals surface area contributed by atoms with Crippen LogP contribution in [0.4, 0.5) is 5.95 Å². The van der Waals surface area contributed by atoms with Gasteiger partial charge in [0.2, 0.25) is 5.95 Å². The number of carbonyl (C=O) groups excluding carboxylic acids is 1. The minimum Gasteiger partial charge on any atom is -0.496 e. The molecular weight excluding hydrogens is 337 g/mol. The van der Waals surface area contributed by atoms with E-state index in [0.717, 1.165) is 3.57 Å². The van der Waals surface area contributed by atoms with Gasteiger partial charge in [0.1, 0.15) is 5.75 Å². The average Bonchev–Trinajstić information content (AvgIpc) is 2.81. The number of aromatic nitrogens is 4. The molecular formula is C9H8IN5O2. The molecule has 0 radical (unpaired) electrons. The van der Waals surface area contributed by atoms with Crippen molar-refractivity contribution in [3.05, 3.63) is 27.3 Å². The first kappa shape index (κ1) is 11.8. The molecule has 2 rings (SSSR count). The highest BCUT2D eigenvalue weighted by atomic mass is 127. The van der Waals surface area contributed by atoms with E-state index >= 15 is 0 Å². The maximum absolute atomic E-state index is 11.9. The lowest BCUT2D eigenvalue weighted by atomic mass is 10.2. The van der Waals surface area contributed by atoms with E-state index in [1.807, 2.05) is 6.07 Å². The summed E-state index contributed by atoms with van der Waals surface area (Å²) in [5.41, 5.74) is 0.427. The van der Waals surface area contributed by atoms with Gasteiger partial charge in [-0.1, -0.05) is 5.10 Å².